The monoisotopic (exact) mass is 205 g/mol. The molecule has 3 heteroatoms. The number of hydrogen-bond donors (Lipinski definition) is 2. The van der Waals surface area contributed by atoms with Gasteiger partial charge in [0.1, 0.15) is 6.04 Å². The molecule has 0 aliphatic carbocycles. The van der Waals surface area contributed by atoms with E-state index in [-0.39, 0.29) is 6.04 Å². The van der Waals surface area contributed by atoms with E-state index in [4.69, 9.17) is 5.11 Å². The van der Waals surface area contributed by atoms with Crippen LogP contribution in [-0.2, 0) is 4.79 Å². The number of piperidine rings is 1. The molecule has 1 heterocycles. The lowest BCUT2D eigenvalue weighted by Gasteiger charge is -2.28. The van der Waals surface area contributed by atoms with E-state index in [1.54, 1.807) is 0 Å². The fourth-order valence-corrected chi connectivity index (χ4v) is 2.13. The Bertz CT molecular complexity index is 337. The van der Waals surface area contributed by atoms with Crippen molar-refractivity contribution in [1.29, 1.82) is 0 Å². The summed E-state index contributed by atoms with van der Waals surface area (Å²) in [6.07, 6.45) is 1.72. The number of rotatable bonds is 2. The minimum absolute atomic E-state index is 0.383. The van der Waals surface area contributed by atoms with Crippen LogP contribution in [0.3, 0.4) is 0 Å². The van der Waals surface area contributed by atoms with Crippen LogP contribution in [-0.4, -0.2) is 23.7 Å². The second-order valence-corrected chi connectivity index (χ2v) is 3.98. The van der Waals surface area contributed by atoms with Gasteiger partial charge in [0.25, 0.3) is 0 Å². The standard InChI is InChI=1S/C12H15NO2/c14-12(15)11-8-10(6-7-13-11)9-4-2-1-3-5-9/h1-5,10-11,13H,6-8H2,(H,14,15)/t10-,11+/m1/s1. The van der Waals surface area contributed by atoms with Crippen LogP contribution in [0.15, 0.2) is 30.3 Å². The highest BCUT2D eigenvalue weighted by atomic mass is 16.4. The molecular weight excluding hydrogens is 190 g/mol. The van der Waals surface area contributed by atoms with Gasteiger partial charge in [-0.15, -0.1) is 0 Å². The first-order valence-corrected chi connectivity index (χ1v) is 5.28. The van der Waals surface area contributed by atoms with Crippen molar-refractivity contribution >= 4 is 5.97 Å². The van der Waals surface area contributed by atoms with Crippen molar-refractivity contribution in [1.82, 2.24) is 5.32 Å². The van der Waals surface area contributed by atoms with Crippen molar-refractivity contribution in [3.05, 3.63) is 35.9 Å². The molecule has 1 saturated heterocycles. The van der Waals surface area contributed by atoms with Crippen LogP contribution in [0.25, 0.3) is 0 Å². The van der Waals surface area contributed by atoms with E-state index in [2.05, 4.69) is 17.4 Å². The molecule has 80 valence electrons. The number of hydrogen-bond acceptors (Lipinski definition) is 2. The minimum Gasteiger partial charge on any atom is -0.480 e. The topological polar surface area (TPSA) is 49.3 Å². The lowest BCUT2D eigenvalue weighted by atomic mass is 9.86. The highest BCUT2D eigenvalue weighted by Crippen LogP contribution is 2.27. The van der Waals surface area contributed by atoms with E-state index in [0.29, 0.717) is 12.3 Å². The highest BCUT2D eigenvalue weighted by Gasteiger charge is 2.26. The molecule has 0 bridgehead atoms. The summed E-state index contributed by atoms with van der Waals surface area (Å²) in [7, 11) is 0. The fourth-order valence-electron chi connectivity index (χ4n) is 2.13. The van der Waals surface area contributed by atoms with Crippen LogP contribution < -0.4 is 5.32 Å². The Morgan fingerprint density at radius 3 is 2.73 bits per heavy atom. The smallest absolute Gasteiger partial charge is 0.320 e. The van der Waals surface area contributed by atoms with Gasteiger partial charge in [0.2, 0.25) is 0 Å². The highest BCUT2D eigenvalue weighted by molar-refractivity contribution is 5.73. The molecule has 0 unspecified atom stereocenters. The first-order valence-electron chi connectivity index (χ1n) is 5.28. The van der Waals surface area contributed by atoms with Gasteiger partial charge in [0.05, 0.1) is 0 Å². The maximum atomic E-state index is 10.9. The van der Waals surface area contributed by atoms with Gasteiger partial charge >= 0.3 is 5.97 Å². The largest absolute Gasteiger partial charge is 0.480 e. The summed E-state index contributed by atoms with van der Waals surface area (Å²) in [6, 6.07) is 9.77. The van der Waals surface area contributed by atoms with Gasteiger partial charge in [-0.1, -0.05) is 30.3 Å². The molecule has 1 aromatic carbocycles. The predicted octanol–water partition coefficient (Wildman–Crippen LogP) is 1.61. The molecule has 15 heavy (non-hydrogen) atoms. The summed E-state index contributed by atoms with van der Waals surface area (Å²) < 4.78 is 0. The van der Waals surface area contributed by atoms with Gasteiger partial charge in [-0.3, -0.25) is 4.79 Å². The molecule has 0 saturated carbocycles. The summed E-state index contributed by atoms with van der Waals surface area (Å²) in [6.45, 7) is 0.788. The van der Waals surface area contributed by atoms with Crippen molar-refractivity contribution in [3.63, 3.8) is 0 Å². The molecule has 1 fully saturated rings. The molecule has 1 aliphatic rings. The van der Waals surface area contributed by atoms with Crippen molar-refractivity contribution in [2.75, 3.05) is 6.54 Å². The molecule has 0 radical (unpaired) electrons. The van der Waals surface area contributed by atoms with E-state index in [9.17, 15) is 4.79 Å². The number of benzene rings is 1. The molecular formula is C12H15NO2. The Labute approximate surface area is 89.1 Å². The first kappa shape index (κ1) is 10.2. The van der Waals surface area contributed by atoms with Crippen LogP contribution in [0, 0.1) is 0 Å². The van der Waals surface area contributed by atoms with Gasteiger partial charge in [0.15, 0.2) is 0 Å². The van der Waals surface area contributed by atoms with Gasteiger partial charge in [0, 0.05) is 0 Å². The van der Waals surface area contributed by atoms with Crippen molar-refractivity contribution in [2.24, 2.45) is 0 Å². The molecule has 0 amide bonds. The summed E-state index contributed by atoms with van der Waals surface area (Å²) in [5.41, 5.74) is 1.25. The lowest BCUT2D eigenvalue weighted by molar-refractivity contribution is -0.140. The molecule has 0 spiro atoms. The van der Waals surface area contributed by atoms with Gasteiger partial charge in [-0.2, -0.15) is 0 Å². The Kier molecular flexibility index (Phi) is 3.02. The molecule has 2 N–H and O–H groups in total. The van der Waals surface area contributed by atoms with Crippen molar-refractivity contribution in [3.8, 4) is 0 Å². The zero-order chi connectivity index (χ0) is 10.7. The predicted molar refractivity (Wildman–Crippen MR) is 57.8 cm³/mol. The van der Waals surface area contributed by atoms with E-state index >= 15 is 0 Å². The quantitative estimate of drug-likeness (QED) is 0.771. The second kappa shape index (κ2) is 4.45. The number of nitrogens with one attached hydrogen (secondary N) is 1. The summed E-state index contributed by atoms with van der Waals surface area (Å²) >= 11 is 0. The van der Waals surface area contributed by atoms with Crippen LogP contribution in [0.2, 0.25) is 0 Å². The SMILES string of the molecule is O=C(O)[C@@H]1C[C@H](c2ccccc2)CCN1. The van der Waals surface area contributed by atoms with Crippen LogP contribution in [0.4, 0.5) is 0 Å². The normalized spacial score (nSPS) is 26.1. The van der Waals surface area contributed by atoms with Crippen molar-refractivity contribution < 1.29 is 9.90 Å². The number of carboxylic acid groups (broad SMARTS) is 1. The first-order chi connectivity index (χ1) is 7.27. The molecule has 2 atom stereocenters. The van der Waals surface area contributed by atoms with E-state index < -0.39 is 5.97 Å². The second-order valence-electron chi connectivity index (χ2n) is 3.98. The van der Waals surface area contributed by atoms with Crippen LogP contribution in [0.5, 0.6) is 0 Å². The van der Waals surface area contributed by atoms with E-state index in [1.807, 2.05) is 18.2 Å². The van der Waals surface area contributed by atoms with E-state index in [0.717, 1.165) is 13.0 Å². The zero-order valence-corrected chi connectivity index (χ0v) is 8.52. The van der Waals surface area contributed by atoms with E-state index in [1.165, 1.54) is 5.56 Å². The summed E-state index contributed by atoms with van der Waals surface area (Å²) in [5, 5.41) is 12.0. The maximum Gasteiger partial charge on any atom is 0.320 e. The Balaban J connectivity index is 2.08. The van der Waals surface area contributed by atoms with Crippen LogP contribution in [0.1, 0.15) is 24.3 Å². The molecule has 1 aromatic rings. The molecule has 2 rings (SSSR count). The molecule has 3 nitrogen and oxygen atoms in total. The summed E-state index contributed by atoms with van der Waals surface area (Å²) in [4.78, 5) is 10.9. The van der Waals surface area contributed by atoms with Gasteiger partial charge < -0.3 is 10.4 Å². The maximum absolute atomic E-state index is 10.9. The average Bonchev–Trinajstić information content (AvgIpc) is 2.30. The average molecular weight is 205 g/mol. The fraction of sp³-hybridized carbons (Fsp3) is 0.417. The third-order valence-electron chi connectivity index (χ3n) is 2.97. The van der Waals surface area contributed by atoms with Gasteiger partial charge in [-0.25, -0.2) is 0 Å². The Hall–Kier alpha value is -1.35. The lowest BCUT2D eigenvalue weighted by Crippen LogP contribution is -2.42. The Morgan fingerprint density at radius 1 is 1.33 bits per heavy atom. The third kappa shape index (κ3) is 2.36. The molecule has 1 aliphatic heterocycles. The van der Waals surface area contributed by atoms with Crippen molar-refractivity contribution in [2.45, 2.75) is 24.8 Å². The minimum atomic E-state index is -0.740. The Morgan fingerprint density at radius 2 is 2.07 bits per heavy atom. The number of carboxylic acids is 1. The molecule has 0 aromatic heterocycles. The zero-order valence-electron chi connectivity index (χ0n) is 8.52. The third-order valence-corrected chi connectivity index (χ3v) is 2.97. The number of aliphatic carboxylic acids is 1. The van der Waals surface area contributed by atoms with Gasteiger partial charge in [-0.05, 0) is 30.9 Å². The summed E-state index contributed by atoms with van der Waals surface area (Å²) in [5.74, 6) is -0.357. The number of carbonyl (C=O) groups is 1. The van der Waals surface area contributed by atoms with Crippen LogP contribution >= 0.6 is 0 Å².